The van der Waals surface area contributed by atoms with Gasteiger partial charge in [-0.2, -0.15) is 0 Å². The minimum absolute atomic E-state index is 0.0311. The number of anilines is 1. The van der Waals surface area contributed by atoms with Crippen LogP contribution in [-0.4, -0.2) is 31.2 Å². The number of aryl methyl sites for hydroxylation is 1. The zero-order valence-corrected chi connectivity index (χ0v) is 11.9. The molecule has 6 nitrogen and oxygen atoms in total. The van der Waals surface area contributed by atoms with Crippen LogP contribution in [0.2, 0.25) is 0 Å². The van der Waals surface area contributed by atoms with Gasteiger partial charge in [0, 0.05) is 5.69 Å². The fourth-order valence-corrected chi connectivity index (χ4v) is 1.71. The second-order valence-electron chi connectivity index (χ2n) is 4.61. The topological polar surface area (TPSA) is 73.9 Å². The molecule has 0 aromatic heterocycles. The van der Waals surface area contributed by atoms with Crippen molar-refractivity contribution in [2.45, 2.75) is 20.0 Å². The first-order chi connectivity index (χ1) is 10.1. The van der Waals surface area contributed by atoms with E-state index in [9.17, 15) is 9.59 Å². The van der Waals surface area contributed by atoms with Crippen LogP contribution in [0.25, 0.3) is 0 Å². The van der Waals surface area contributed by atoms with Gasteiger partial charge in [-0.05, 0) is 31.5 Å². The number of hydrogen-bond acceptors (Lipinski definition) is 5. The molecule has 0 saturated heterocycles. The van der Waals surface area contributed by atoms with Gasteiger partial charge in [-0.25, -0.2) is 4.79 Å². The summed E-state index contributed by atoms with van der Waals surface area (Å²) in [6.07, 6.45) is 0.251. The smallest absolute Gasteiger partial charge is 0.377 e. The predicted molar refractivity (Wildman–Crippen MR) is 75.3 cm³/mol. The number of nitrogens with one attached hydrogen (secondary N) is 1. The summed E-state index contributed by atoms with van der Waals surface area (Å²) in [5, 5.41) is 2.68. The molecular formula is C15H17NO5. The molecule has 0 unspecified atom stereocenters. The van der Waals surface area contributed by atoms with Crippen LogP contribution < -0.4 is 5.32 Å². The molecule has 1 aliphatic heterocycles. The highest BCUT2D eigenvalue weighted by molar-refractivity contribution is 5.96. The maximum atomic E-state index is 12.0. The van der Waals surface area contributed by atoms with E-state index in [2.05, 4.69) is 5.32 Å². The van der Waals surface area contributed by atoms with Crippen molar-refractivity contribution in [1.82, 2.24) is 0 Å². The first-order valence-corrected chi connectivity index (χ1v) is 6.59. The molecule has 6 heteroatoms. The molecule has 1 N–H and O–H groups in total. The first kappa shape index (κ1) is 14.9. The van der Waals surface area contributed by atoms with Gasteiger partial charge in [0.2, 0.25) is 5.76 Å². The Balaban J connectivity index is 1.90. The van der Waals surface area contributed by atoms with Crippen molar-refractivity contribution >= 4 is 17.6 Å². The van der Waals surface area contributed by atoms with E-state index >= 15 is 0 Å². The van der Waals surface area contributed by atoms with Crippen molar-refractivity contribution < 1.29 is 23.8 Å². The van der Waals surface area contributed by atoms with E-state index in [1.165, 1.54) is 13.2 Å². The quantitative estimate of drug-likeness (QED) is 0.856. The van der Waals surface area contributed by atoms with Crippen molar-refractivity contribution in [1.29, 1.82) is 0 Å². The van der Waals surface area contributed by atoms with E-state index in [0.717, 1.165) is 5.56 Å². The maximum absolute atomic E-state index is 12.0. The number of rotatable bonds is 4. The molecule has 112 valence electrons. The maximum Gasteiger partial charge on any atom is 0.377 e. The average Bonchev–Trinajstić information content (AvgIpc) is 2.48. The lowest BCUT2D eigenvalue weighted by molar-refractivity contribution is -0.153. The van der Waals surface area contributed by atoms with Gasteiger partial charge >= 0.3 is 5.97 Å². The molecule has 1 amide bonds. The molecule has 1 heterocycles. The molecule has 1 atom stereocenters. The normalized spacial score (nSPS) is 15.0. The van der Waals surface area contributed by atoms with Gasteiger partial charge in [0.05, 0.1) is 0 Å². The van der Waals surface area contributed by atoms with Gasteiger partial charge in [0.25, 0.3) is 5.91 Å². The highest BCUT2D eigenvalue weighted by atomic mass is 16.6. The van der Waals surface area contributed by atoms with Crippen LogP contribution in [0.3, 0.4) is 0 Å². The van der Waals surface area contributed by atoms with Gasteiger partial charge in [-0.15, -0.1) is 0 Å². The second kappa shape index (κ2) is 6.78. The molecular weight excluding hydrogens is 274 g/mol. The van der Waals surface area contributed by atoms with Crippen molar-refractivity contribution in [2.24, 2.45) is 0 Å². The molecule has 21 heavy (non-hydrogen) atoms. The Labute approximate surface area is 122 Å². The number of esters is 1. The molecule has 1 aromatic carbocycles. The molecule has 1 aromatic rings. The van der Waals surface area contributed by atoms with E-state index in [4.69, 9.17) is 14.2 Å². The Morgan fingerprint density at radius 3 is 2.81 bits per heavy atom. The summed E-state index contributed by atoms with van der Waals surface area (Å²) in [5.41, 5.74) is 1.68. The summed E-state index contributed by atoms with van der Waals surface area (Å²) in [6.45, 7) is 4.09. The average molecular weight is 291 g/mol. The molecule has 0 fully saturated rings. The van der Waals surface area contributed by atoms with Crippen LogP contribution in [0.1, 0.15) is 12.5 Å². The van der Waals surface area contributed by atoms with E-state index < -0.39 is 18.0 Å². The number of benzene rings is 1. The molecule has 0 aliphatic carbocycles. The van der Waals surface area contributed by atoms with Crippen molar-refractivity contribution in [3.8, 4) is 0 Å². The lowest BCUT2D eigenvalue weighted by atomic mass is 10.2. The lowest BCUT2D eigenvalue weighted by Gasteiger charge is -2.17. The Kier molecular flexibility index (Phi) is 4.81. The number of carbonyl (C=O) groups is 2. The van der Waals surface area contributed by atoms with E-state index in [1.54, 1.807) is 6.07 Å². The van der Waals surface area contributed by atoms with Crippen molar-refractivity contribution in [2.75, 3.05) is 18.5 Å². The summed E-state index contributed by atoms with van der Waals surface area (Å²) < 4.78 is 15.1. The van der Waals surface area contributed by atoms with Gasteiger partial charge < -0.3 is 19.5 Å². The van der Waals surface area contributed by atoms with Gasteiger partial charge in [-0.3, -0.25) is 4.79 Å². The van der Waals surface area contributed by atoms with Crippen LogP contribution in [0, 0.1) is 6.92 Å². The predicted octanol–water partition coefficient (Wildman–Crippen LogP) is 1.75. The molecule has 0 spiro atoms. The molecule has 0 bridgehead atoms. The second-order valence-corrected chi connectivity index (χ2v) is 4.61. The van der Waals surface area contributed by atoms with Gasteiger partial charge in [-0.1, -0.05) is 12.1 Å². The first-order valence-electron chi connectivity index (χ1n) is 6.59. The SMILES string of the molecule is Cc1cccc(NC(=O)[C@@H](C)OC(=O)C2=COCCO2)c1. The van der Waals surface area contributed by atoms with Gasteiger partial charge in [0.1, 0.15) is 19.5 Å². The van der Waals surface area contributed by atoms with Crippen LogP contribution in [0.4, 0.5) is 5.69 Å². The third-order valence-corrected chi connectivity index (χ3v) is 2.79. The third kappa shape index (κ3) is 4.24. The Hall–Kier alpha value is -2.50. The summed E-state index contributed by atoms with van der Waals surface area (Å²) in [6, 6.07) is 7.35. The zero-order valence-electron chi connectivity index (χ0n) is 11.9. The highest BCUT2D eigenvalue weighted by Crippen LogP contribution is 2.12. The standard InChI is InChI=1S/C15H17NO5/c1-10-4-3-5-12(8-10)16-14(17)11(2)21-15(18)13-9-19-6-7-20-13/h3-5,8-9,11H,6-7H2,1-2H3,(H,16,17)/t11-/m1/s1. The minimum atomic E-state index is -0.940. The van der Waals surface area contributed by atoms with Gasteiger partial charge in [0.15, 0.2) is 6.10 Å². The van der Waals surface area contributed by atoms with Crippen LogP contribution >= 0.6 is 0 Å². The summed E-state index contributed by atoms with van der Waals surface area (Å²) in [5.74, 6) is -1.16. The zero-order chi connectivity index (χ0) is 15.2. The molecule has 1 aliphatic rings. The summed E-state index contributed by atoms with van der Waals surface area (Å²) >= 11 is 0. The van der Waals surface area contributed by atoms with Crippen LogP contribution in [0.15, 0.2) is 36.3 Å². The minimum Gasteiger partial charge on any atom is -0.493 e. The fraction of sp³-hybridized carbons (Fsp3) is 0.333. The number of hydrogen-bond donors (Lipinski definition) is 1. The van der Waals surface area contributed by atoms with Crippen molar-refractivity contribution in [3.05, 3.63) is 41.9 Å². The Morgan fingerprint density at radius 2 is 2.14 bits per heavy atom. The third-order valence-electron chi connectivity index (χ3n) is 2.79. The Morgan fingerprint density at radius 1 is 1.33 bits per heavy atom. The molecule has 0 radical (unpaired) electrons. The number of ether oxygens (including phenoxy) is 3. The molecule has 0 saturated carbocycles. The lowest BCUT2D eigenvalue weighted by Crippen LogP contribution is -2.31. The van der Waals surface area contributed by atoms with Crippen LogP contribution in [-0.2, 0) is 23.8 Å². The summed E-state index contributed by atoms with van der Waals surface area (Å²) in [7, 11) is 0. The van der Waals surface area contributed by atoms with E-state index in [-0.39, 0.29) is 12.4 Å². The van der Waals surface area contributed by atoms with Crippen molar-refractivity contribution in [3.63, 3.8) is 0 Å². The van der Waals surface area contributed by atoms with E-state index in [1.807, 2.05) is 25.1 Å². The van der Waals surface area contributed by atoms with Crippen LogP contribution in [0.5, 0.6) is 0 Å². The monoisotopic (exact) mass is 291 g/mol. The number of carbonyl (C=O) groups excluding carboxylic acids is 2. The number of amides is 1. The fourth-order valence-electron chi connectivity index (χ4n) is 1.71. The van der Waals surface area contributed by atoms with E-state index in [0.29, 0.717) is 12.3 Å². The largest absolute Gasteiger partial charge is 0.493 e. The molecule has 2 rings (SSSR count). The highest BCUT2D eigenvalue weighted by Gasteiger charge is 2.23. The Bertz CT molecular complexity index is 567. The summed E-state index contributed by atoms with van der Waals surface area (Å²) in [4.78, 5) is 23.7.